The molecular formula is C30H43ClN6O6. The van der Waals surface area contributed by atoms with Gasteiger partial charge in [-0.2, -0.15) is 0 Å². The van der Waals surface area contributed by atoms with E-state index in [9.17, 15) is 24.0 Å². The van der Waals surface area contributed by atoms with Gasteiger partial charge < -0.3 is 31.7 Å². The molecular weight excluding hydrogens is 576 g/mol. The van der Waals surface area contributed by atoms with Gasteiger partial charge in [-0.1, -0.05) is 74.5 Å². The van der Waals surface area contributed by atoms with Crippen LogP contribution in [0, 0.1) is 5.92 Å². The first kappa shape index (κ1) is 37.0. The van der Waals surface area contributed by atoms with E-state index < -0.39 is 41.8 Å². The van der Waals surface area contributed by atoms with Crippen LogP contribution in [0.3, 0.4) is 0 Å². The summed E-state index contributed by atoms with van der Waals surface area (Å²) in [6.45, 7) is 3.19. The Bertz CT molecular complexity index is 1170. The van der Waals surface area contributed by atoms with Gasteiger partial charge in [-0.15, -0.1) is 12.4 Å². The number of nitrogens with one attached hydrogen (secondary N) is 4. The summed E-state index contributed by atoms with van der Waals surface area (Å²) in [6, 6.07) is 16.6. The molecule has 0 spiro atoms. The Labute approximate surface area is 258 Å². The van der Waals surface area contributed by atoms with Crippen molar-refractivity contribution in [3.05, 3.63) is 71.8 Å². The van der Waals surface area contributed by atoms with Crippen molar-refractivity contribution in [1.29, 1.82) is 0 Å². The number of hydrogen-bond acceptors (Lipinski definition) is 8. The van der Waals surface area contributed by atoms with Crippen molar-refractivity contribution in [3.63, 3.8) is 0 Å². The van der Waals surface area contributed by atoms with Crippen LogP contribution in [-0.4, -0.2) is 79.9 Å². The van der Waals surface area contributed by atoms with E-state index in [4.69, 9.17) is 10.5 Å². The highest BCUT2D eigenvalue weighted by Crippen LogP contribution is 2.07. The highest BCUT2D eigenvalue weighted by atomic mass is 35.5. The molecule has 0 fully saturated rings. The number of imide groups is 1. The van der Waals surface area contributed by atoms with E-state index in [2.05, 4.69) is 21.3 Å². The van der Waals surface area contributed by atoms with Gasteiger partial charge in [0.05, 0.1) is 19.1 Å². The summed E-state index contributed by atoms with van der Waals surface area (Å²) in [5.41, 5.74) is 7.73. The van der Waals surface area contributed by atoms with E-state index in [1.54, 1.807) is 31.3 Å². The first-order valence-electron chi connectivity index (χ1n) is 13.9. The largest absolute Gasteiger partial charge is 0.444 e. The molecule has 2 rings (SSSR count). The van der Waals surface area contributed by atoms with Gasteiger partial charge in [0.15, 0.2) is 0 Å². The lowest BCUT2D eigenvalue weighted by molar-refractivity contribution is -0.131. The van der Waals surface area contributed by atoms with Gasteiger partial charge in [0.1, 0.15) is 12.6 Å². The molecule has 13 heteroatoms. The number of nitrogens with two attached hydrogens (primary N) is 1. The number of carbonyl (C=O) groups excluding carboxylic acids is 5. The van der Waals surface area contributed by atoms with Crippen LogP contribution in [-0.2, 0) is 36.9 Å². The normalized spacial score (nSPS) is 11.8. The Balaban J connectivity index is 0.00000924. The Morgan fingerprint density at radius 3 is 2.05 bits per heavy atom. The second-order valence-corrected chi connectivity index (χ2v) is 10.2. The monoisotopic (exact) mass is 618 g/mol. The SMILES string of the molecule is CNCC(=O)N(CCNC(=O)CNC(=O)[C@H](CC(C)C)NC(=O)[C@@H](N)Cc1ccccc1)C(=O)OCc1ccccc1.Cl. The van der Waals surface area contributed by atoms with Crippen LogP contribution in [0.1, 0.15) is 31.4 Å². The van der Waals surface area contributed by atoms with Gasteiger partial charge in [-0.05, 0) is 36.9 Å². The van der Waals surface area contributed by atoms with E-state index in [1.807, 2.05) is 50.2 Å². The molecule has 0 radical (unpaired) electrons. The van der Waals surface area contributed by atoms with E-state index >= 15 is 0 Å². The maximum atomic E-state index is 12.9. The summed E-state index contributed by atoms with van der Waals surface area (Å²) < 4.78 is 5.26. The van der Waals surface area contributed by atoms with E-state index in [0.29, 0.717) is 12.8 Å². The fourth-order valence-corrected chi connectivity index (χ4v) is 3.96. The molecule has 0 aliphatic heterocycles. The fourth-order valence-electron chi connectivity index (χ4n) is 3.96. The van der Waals surface area contributed by atoms with Crippen molar-refractivity contribution in [2.75, 3.05) is 33.2 Å². The molecule has 0 unspecified atom stereocenters. The number of ether oxygens (including phenoxy) is 1. The smallest absolute Gasteiger partial charge is 0.416 e. The summed E-state index contributed by atoms with van der Waals surface area (Å²) in [7, 11) is 1.57. The number of halogens is 1. The molecule has 2 aromatic carbocycles. The van der Waals surface area contributed by atoms with Crippen LogP contribution in [0.25, 0.3) is 0 Å². The molecule has 5 amide bonds. The topological polar surface area (TPSA) is 172 Å². The van der Waals surface area contributed by atoms with Crippen molar-refractivity contribution in [2.24, 2.45) is 11.7 Å². The first-order valence-corrected chi connectivity index (χ1v) is 13.9. The Morgan fingerprint density at radius 1 is 0.860 bits per heavy atom. The second kappa shape index (κ2) is 20.0. The highest BCUT2D eigenvalue weighted by Gasteiger charge is 2.26. The van der Waals surface area contributed by atoms with Crippen LogP contribution in [0.15, 0.2) is 60.7 Å². The van der Waals surface area contributed by atoms with Gasteiger partial charge in [0.25, 0.3) is 0 Å². The maximum absolute atomic E-state index is 12.9. The zero-order valence-electron chi connectivity index (χ0n) is 24.8. The molecule has 0 aliphatic carbocycles. The summed E-state index contributed by atoms with van der Waals surface area (Å²) in [5.74, 6) is -1.94. The maximum Gasteiger partial charge on any atom is 0.416 e. The number of nitrogens with zero attached hydrogens (tertiary/aromatic N) is 1. The standard InChI is InChI=1S/C30H42N6O6.ClH/c1-21(2)16-25(35-28(39)24(31)17-22-10-6-4-7-11-22)29(40)34-18-26(37)33-14-15-36(27(38)19-32-3)30(41)42-20-23-12-8-5-9-13-23;/h4-13,21,24-25,32H,14-20,31H2,1-3H3,(H,33,37)(H,34,40)(H,35,39);1H/t24-,25-;/m0./s1. The van der Waals surface area contributed by atoms with Crippen molar-refractivity contribution in [3.8, 4) is 0 Å². The van der Waals surface area contributed by atoms with Crippen molar-refractivity contribution < 1.29 is 28.7 Å². The molecule has 0 bridgehead atoms. The minimum atomic E-state index is -0.874. The molecule has 0 saturated carbocycles. The van der Waals surface area contributed by atoms with Crippen LogP contribution in [0.2, 0.25) is 0 Å². The average molecular weight is 619 g/mol. The number of carbonyl (C=O) groups is 5. The fraction of sp³-hybridized carbons (Fsp3) is 0.433. The Hall–Kier alpha value is -4.00. The predicted octanol–water partition coefficient (Wildman–Crippen LogP) is 1.13. The third-order valence-corrected chi connectivity index (χ3v) is 6.11. The van der Waals surface area contributed by atoms with Gasteiger partial charge in [-0.25, -0.2) is 9.69 Å². The molecule has 0 aromatic heterocycles. The van der Waals surface area contributed by atoms with Crippen LogP contribution >= 0.6 is 12.4 Å². The second-order valence-electron chi connectivity index (χ2n) is 10.2. The van der Waals surface area contributed by atoms with Gasteiger partial charge in [0.2, 0.25) is 23.6 Å². The molecule has 43 heavy (non-hydrogen) atoms. The Morgan fingerprint density at radius 2 is 1.47 bits per heavy atom. The van der Waals surface area contributed by atoms with Crippen LogP contribution in [0.4, 0.5) is 4.79 Å². The minimum Gasteiger partial charge on any atom is -0.444 e. The van der Waals surface area contributed by atoms with E-state index in [0.717, 1.165) is 16.0 Å². The van der Waals surface area contributed by atoms with Gasteiger partial charge in [-0.3, -0.25) is 19.2 Å². The van der Waals surface area contributed by atoms with Crippen molar-refractivity contribution >= 4 is 42.1 Å². The lowest BCUT2D eigenvalue weighted by atomic mass is 10.0. The molecule has 12 nitrogen and oxygen atoms in total. The quantitative estimate of drug-likeness (QED) is 0.186. The number of amides is 5. The molecule has 2 atom stereocenters. The molecule has 236 valence electrons. The first-order chi connectivity index (χ1) is 20.1. The summed E-state index contributed by atoms with van der Waals surface area (Å²) in [5, 5.41) is 10.5. The summed E-state index contributed by atoms with van der Waals surface area (Å²) >= 11 is 0. The Kier molecular flexibility index (Phi) is 17.2. The van der Waals surface area contributed by atoms with E-state index in [-0.39, 0.29) is 51.1 Å². The number of hydrogen-bond donors (Lipinski definition) is 5. The van der Waals surface area contributed by atoms with Gasteiger partial charge in [0, 0.05) is 13.1 Å². The third-order valence-electron chi connectivity index (χ3n) is 6.11. The molecule has 6 N–H and O–H groups in total. The van der Waals surface area contributed by atoms with Crippen LogP contribution < -0.4 is 27.0 Å². The lowest BCUT2D eigenvalue weighted by Crippen LogP contribution is -2.53. The minimum absolute atomic E-state index is 0. The zero-order chi connectivity index (χ0) is 30.9. The number of likely N-dealkylation sites (N-methyl/N-ethyl adjacent to an activating group) is 1. The van der Waals surface area contributed by atoms with Crippen molar-refractivity contribution in [2.45, 2.75) is 45.4 Å². The lowest BCUT2D eigenvalue weighted by Gasteiger charge is -2.22. The highest BCUT2D eigenvalue weighted by molar-refractivity contribution is 5.93. The average Bonchev–Trinajstić information content (AvgIpc) is 2.97. The third kappa shape index (κ3) is 14.1. The summed E-state index contributed by atoms with van der Waals surface area (Å²) in [6.07, 6.45) is -0.164. The molecule has 0 aliphatic rings. The van der Waals surface area contributed by atoms with Crippen LogP contribution in [0.5, 0.6) is 0 Å². The predicted molar refractivity (Wildman–Crippen MR) is 165 cm³/mol. The number of benzene rings is 2. The summed E-state index contributed by atoms with van der Waals surface area (Å²) in [4.78, 5) is 63.9. The molecule has 0 saturated heterocycles. The van der Waals surface area contributed by atoms with E-state index in [1.165, 1.54) is 0 Å². The molecule has 0 heterocycles. The zero-order valence-corrected chi connectivity index (χ0v) is 25.7. The van der Waals surface area contributed by atoms with Crippen molar-refractivity contribution in [1.82, 2.24) is 26.2 Å². The molecule has 2 aromatic rings. The number of rotatable bonds is 16. The van der Waals surface area contributed by atoms with Gasteiger partial charge >= 0.3 is 6.09 Å².